The Hall–Kier alpha value is -2.29. The van der Waals surface area contributed by atoms with Gasteiger partial charge in [0, 0.05) is 5.69 Å². The third-order valence-corrected chi connectivity index (χ3v) is 2.72. The van der Waals surface area contributed by atoms with E-state index in [9.17, 15) is 0 Å². The van der Waals surface area contributed by atoms with Crippen molar-refractivity contribution in [3.05, 3.63) is 54.9 Å². The Balaban J connectivity index is 2.13. The van der Waals surface area contributed by atoms with Crippen LogP contribution in [-0.4, -0.2) is 16.7 Å². The van der Waals surface area contributed by atoms with Crippen LogP contribution in [0.15, 0.2) is 48.5 Å². The van der Waals surface area contributed by atoms with Crippen LogP contribution in [0.1, 0.15) is 0 Å². The van der Waals surface area contributed by atoms with Gasteiger partial charge in [-0.2, -0.15) is 0 Å². The third kappa shape index (κ3) is 1.65. The van der Waals surface area contributed by atoms with Crippen LogP contribution in [0.5, 0.6) is 5.75 Å². The van der Waals surface area contributed by atoms with Crippen molar-refractivity contribution < 1.29 is 4.74 Å². The minimum atomic E-state index is 0.846. The Labute approximate surface area is 99.3 Å². The number of ether oxygens (including phenoxy) is 1. The molecule has 0 N–H and O–H groups in total. The molecule has 0 fully saturated rings. The molecule has 1 aromatic heterocycles. The Morgan fingerprint density at radius 1 is 1.06 bits per heavy atom. The summed E-state index contributed by atoms with van der Waals surface area (Å²) < 4.78 is 7.08. The van der Waals surface area contributed by atoms with Gasteiger partial charge < -0.3 is 4.74 Å². The molecule has 0 aliphatic heterocycles. The van der Waals surface area contributed by atoms with E-state index in [4.69, 9.17) is 4.74 Å². The van der Waals surface area contributed by atoms with Crippen LogP contribution in [0.3, 0.4) is 0 Å². The van der Waals surface area contributed by atoms with Crippen LogP contribution in [-0.2, 0) is 0 Å². The smallest absolute Gasteiger partial charge is 0.182 e. The van der Waals surface area contributed by atoms with Crippen molar-refractivity contribution >= 4 is 11.0 Å². The Morgan fingerprint density at radius 2 is 1.82 bits per heavy atom. The molecule has 0 bridgehead atoms. The van der Waals surface area contributed by atoms with Gasteiger partial charge in [-0.25, -0.2) is 4.98 Å². The summed E-state index contributed by atoms with van der Waals surface area (Å²) in [6.45, 7) is 0. The van der Waals surface area contributed by atoms with Gasteiger partial charge in [-0.05, 0) is 36.4 Å². The Bertz CT molecular complexity index is 641. The molecule has 3 heteroatoms. The number of hydrogen-bond acceptors (Lipinski definition) is 2. The van der Waals surface area contributed by atoms with Gasteiger partial charge in [-0.15, -0.1) is 0 Å². The number of methoxy groups -OCH3 is 1. The molecule has 0 amide bonds. The van der Waals surface area contributed by atoms with Crippen molar-refractivity contribution in [2.75, 3.05) is 7.11 Å². The van der Waals surface area contributed by atoms with E-state index >= 15 is 0 Å². The van der Waals surface area contributed by atoms with Crippen molar-refractivity contribution in [3.63, 3.8) is 0 Å². The number of rotatable bonds is 2. The zero-order valence-corrected chi connectivity index (χ0v) is 9.42. The largest absolute Gasteiger partial charge is 0.497 e. The van der Waals surface area contributed by atoms with E-state index in [0.717, 1.165) is 22.5 Å². The van der Waals surface area contributed by atoms with Gasteiger partial charge in [-0.1, -0.05) is 12.1 Å². The lowest BCUT2D eigenvalue weighted by molar-refractivity contribution is 0.415. The summed E-state index contributed by atoms with van der Waals surface area (Å²) in [6, 6.07) is 15.8. The molecule has 2 aromatic carbocycles. The molecule has 3 aromatic rings. The number of aromatic nitrogens is 2. The standard InChI is InChI=1S/C14H11N2O/c1-17-12-8-6-11(7-9-12)16-10-15-13-4-2-3-5-14(13)16/h2-9H,1H3. The number of benzene rings is 2. The molecule has 0 aliphatic carbocycles. The molecule has 83 valence electrons. The Morgan fingerprint density at radius 3 is 2.59 bits per heavy atom. The highest BCUT2D eigenvalue weighted by molar-refractivity contribution is 5.76. The quantitative estimate of drug-likeness (QED) is 0.668. The van der Waals surface area contributed by atoms with Crippen molar-refractivity contribution in [1.29, 1.82) is 0 Å². The highest BCUT2D eigenvalue weighted by Gasteiger charge is 2.04. The summed E-state index contributed by atoms with van der Waals surface area (Å²) >= 11 is 0. The monoisotopic (exact) mass is 223 g/mol. The molecule has 17 heavy (non-hydrogen) atoms. The van der Waals surface area contributed by atoms with Crippen molar-refractivity contribution in [1.82, 2.24) is 9.55 Å². The van der Waals surface area contributed by atoms with Crippen LogP contribution in [0.2, 0.25) is 0 Å². The van der Waals surface area contributed by atoms with Crippen LogP contribution < -0.4 is 4.74 Å². The number of hydrogen-bond donors (Lipinski definition) is 0. The first-order chi connectivity index (χ1) is 8.38. The summed E-state index contributed by atoms with van der Waals surface area (Å²) in [5.41, 5.74) is 3.03. The fraction of sp³-hybridized carbons (Fsp3) is 0.0714. The highest BCUT2D eigenvalue weighted by atomic mass is 16.5. The lowest BCUT2D eigenvalue weighted by Crippen LogP contribution is -1.92. The average Bonchev–Trinajstić information content (AvgIpc) is 2.83. The maximum Gasteiger partial charge on any atom is 0.182 e. The molecule has 0 aliphatic rings. The summed E-state index contributed by atoms with van der Waals surface area (Å²) in [5, 5.41) is 0. The third-order valence-electron chi connectivity index (χ3n) is 2.72. The van der Waals surface area contributed by atoms with Gasteiger partial charge in [0.1, 0.15) is 5.75 Å². The number of para-hydroxylation sites is 2. The van der Waals surface area contributed by atoms with Crippen LogP contribution >= 0.6 is 0 Å². The van der Waals surface area contributed by atoms with Crippen molar-refractivity contribution in [2.24, 2.45) is 0 Å². The first-order valence-electron chi connectivity index (χ1n) is 5.38. The summed E-state index contributed by atoms with van der Waals surface area (Å²) in [4.78, 5) is 4.24. The molecular weight excluding hydrogens is 212 g/mol. The van der Waals surface area contributed by atoms with Crippen LogP contribution in [0.25, 0.3) is 16.7 Å². The minimum absolute atomic E-state index is 0.846. The van der Waals surface area contributed by atoms with Gasteiger partial charge in [-0.3, -0.25) is 4.57 Å². The minimum Gasteiger partial charge on any atom is -0.497 e. The molecule has 3 nitrogen and oxygen atoms in total. The van der Waals surface area contributed by atoms with Crippen LogP contribution in [0, 0.1) is 6.33 Å². The zero-order valence-electron chi connectivity index (χ0n) is 9.42. The van der Waals surface area contributed by atoms with E-state index in [1.807, 2.05) is 53.1 Å². The number of fused-ring (bicyclic) bond motifs is 1. The predicted molar refractivity (Wildman–Crippen MR) is 66.5 cm³/mol. The second kappa shape index (κ2) is 3.94. The van der Waals surface area contributed by atoms with Gasteiger partial charge in [0.2, 0.25) is 0 Å². The van der Waals surface area contributed by atoms with Crippen LogP contribution in [0.4, 0.5) is 0 Å². The number of nitrogens with zero attached hydrogens (tertiary/aromatic N) is 2. The van der Waals surface area contributed by atoms with Gasteiger partial charge in [0.25, 0.3) is 0 Å². The molecule has 1 heterocycles. The van der Waals surface area contributed by atoms with E-state index < -0.39 is 0 Å². The summed E-state index contributed by atoms with van der Waals surface area (Å²) in [6.07, 6.45) is 2.99. The second-order valence-electron chi connectivity index (χ2n) is 3.73. The summed E-state index contributed by atoms with van der Waals surface area (Å²) in [7, 11) is 1.66. The fourth-order valence-electron chi connectivity index (χ4n) is 1.83. The molecule has 0 atom stereocenters. The van der Waals surface area contributed by atoms with Crippen molar-refractivity contribution in [3.8, 4) is 11.4 Å². The topological polar surface area (TPSA) is 27.1 Å². The normalized spacial score (nSPS) is 10.6. The van der Waals surface area contributed by atoms with E-state index in [1.54, 1.807) is 7.11 Å². The predicted octanol–water partition coefficient (Wildman–Crippen LogP) is 2.83. The summed E-state index contributed by atoms with van der Waals surface area (Å²) in [5.74, 6) is 0.846. The lowest BCUT2D eigenvalue weighted by atomic mass is 10.2. The van der Waals surface area contributed by atoms with Crippen molar-refractivity contribution in [2.45, 2.75) is 0 Å². The molecule has 3 rings (SSSR count). The van der Waals surface area contributed by atoms with E-state index in [2.05, 4.69) is 11.3 Å². The molecule has 0 spiro atoms. The molecule has 0 saturated carbocycles. The number of imidazole rings is 1. The van der Waals surface area contributed by atoms with Gasteiger partial charge >= 0.3 is 0 Å². The first-order valence-corrected chi connectivity index (χ1v) is 5.38. The van der Waals surface area contributed by atoms with E-state index in [0.29, 0.717) is 0 Å². The molecular formula is C14H11N2O. The maximum absolute atomic E-state index is 5.14. The van der Waals surface area contributed by atoms with Gasteiger partial charge in [0.15, 0.2) is 6.33 Å². The average molecular weight is 223 g/mol. The molecule has 0 saturated heterocycles. The highest BCUT2D eigenvalue weighted by Crippen LogP contribution is 2.19. The lowest BCUT2D eigenvalue weighted by Gasteiger charge is -2.04. The van der Waals surface area contributed by atoms with E-state index in [1.165, 1.54) is 0 Å². The second-order valence-corrected chi connectivity index (χ2v) is 3.73. The molecule has 1 radical (unpaired) electrons. The van der Waals surface area contributed by atoms with E-state index in [-0.39, 0.29) is 0 Å². The Kier molecular flexibility index (Phi) is 2.29. The molecule has 0 unspecified atom stereocenters. The fourth-order valence-corrected chi connectivity index (χ4v) is 1.83. The SMILES string of the molecule is COc1ccc(-n2[c]nc3ccccc32)cc1. The first kappa shape index (κ1) is 9.90. The zero-order chi connectivity index (χ0) is 11.7. The maximum atomic E-state index is 5.14. The van der Waals surface area contributed by atoms with Gasteiger partial charge in [0.05, 0.1) is 18.1 Å².